The zero-order valence-electron chi connectivity index (χ0n) is 14.7. The molecule has 1 aliphatic heterocycles. The third-order valence-electron chi connectivity index (χ3n) is 4.39. The van der Waals surface area contributed by atoms with Crippen molar-refractivity contribution in [2.24, 2.45) is 0 Å². The van der Waals surface area contributed by atoms with Crippen LogP contribution in [-0.4, -0.2) is 27.9 Å². The Morgan fingerprint density at radius 3 is 2.78 bits per heavy atom. The van der Waals surface area contributed by atoms with Gasteiger partial charge in [-0.1, -0.05) is 36.4 Å². The van der Waals surface area contributed by atoms with Gasteiger partial charge in [0.15, 0.2) is 0 Å². The number of rotatable bonds is 4. The molecule has 0 saturated heterocycles. The first-order valence-electron chi connectivity index (χ1n) is 8.54. The minimum absolute atomic E-state index is 0.0525. The highest BCUT2D eigenvalue weighted by Gasteiger charge is 2.32. The number of anilines is 2. The Kier molecular flexibility index (Phi) is 4.68. The molecule has 2 heterocycles. The molecule has 3 aromatic rings. The molecule has 0 bridgehead atoms. The van der Waals surface area contributed by atoms with Gasteiger partial charge in [0, 0.05) is 22.2 Å². The summed E-state index contributed by atoms with van der Waals surface area (Å²) in [5.74, 6) is 0.0789. The molecule has 27 heavy (non-hydrogen) atoms. The van der Waals surface area contributed by atoms with E-state index in [-0.39, 0.29) is 18.2 Å². The number of nitrogens with one attached hydrogen (secondary N) is 2. The second-order valence-corrected chi connectivity index (χ2v) is 7.09. The smallest absolute Gasteiger partial charge is 0.249 e. The van der Waals surface area contributed by atoms with Gasteiger partial charge in [0.2, 0.25) is 11.8 Å². The lowest BCUT2D eigenvalue weighted by atomic mass is 10.1. The van der Waals surface area contributed by atoms with Gasteiger partial charge in [-0.2, -0.15) is 5.10 Å². The van der Waals surface area contributed by atoms with Crippen LogP contribution in [0.2, 0.25) is 0 Å². The monoisotopic (exact) mass is 378 g/mol. The van der Waals surface area contributed by atoms with Gasteiger partial charge in [0.25, 0.3) is 0 Å². The van der Waals surface area contributed by atoms with E-state index in [1.807, 2.05) is 60.9 Å². The van der Waals surface area contributed by atoms with Crippen LogP contribution in [0.4, 0.5) is 11.5 Å². The van der Waals surface area contributed by atoms with Gasteiger partial charge < -0.3 is 10.6 Å². The molecule has 1 aliphatic rings. The molecule has 1 atom stereocenters. The molecule has 0 aliphatic carbocycles. The number of fused-ring (bicyclic) bond motifs is 1. The van der Waals surface area contributed by atoms with Crippen LogP contribution in [0.3, 0.4) is 0 Å². The molecular formula is C20H18N4O2S. The molecule has 0 spiro atoms. The molecule has 7 heteroatoms. The Morgan fingerprint density at radius 2 is 2.00 bits per heavy atom. The van der Waals surface area contributed by atoms with Gasteiger partial charge in [0.1, 0.15) is 11.9 Å². The van der Waals surface area contributed by atoms with Crippen molar-refractivity contribution in [1.29, 1.82) is 0 Å². The number of carbonyl (C=O) groups is 2. The Hall–Kier alpha value is -3.06. The van der Waals surface area contributed by atoms with Crippen LogP contribution < -0.4 is 10.6 Å². The summed E-state index contributed by atoms with van der Waals surface area (Å²) in [6, 6.07) is 18.4. The van der Waals surface area contributed by atoms with E-state index >= 15 is 0 Å². The summed E-state index contributed by atoms with van der Waals surface area (Å²) in [7, 11) is 0. The molecule has 2 N–H and O–H groups in total. The SMILES string of the molecule is CSc1cccc(NC(=O)[C@@H]2CC(=O)Nc3cc(-c4ccccc4)nn32)c1. The lowest BCUT2D eigenvalue weighted by molar-refractivity contribution is -0.125. The third kappa shape index (κ3) is 3.59. The van der Waals surface area contributed by atoms with Crippen molar-refractivity contribution in [2.75, 3.05) is 16.9 Å². The summed E-state index contributed by atoms with van der Waals surface area (Å²) in [6.07, 6.45) is 2.03. The molecule has 0 radical (unpaired) electrons. The summed E-state index contributed by atoms with van der Waals surface area (Å²) in [5.41, 5.74) is 2.35. The van der Waals surface area contributed by atoms with Crippen molar-refractivity contribution < 1.29 is 9.59 Å². The maximum atomic E-state index is 12.9. The summed E-state index contributed by atoms with van der Waals surface area (Å²) in [5, 5.41) is 10.3. The van der Waals surface area contributed by atoms with E-state index in [1.54, 1.807) is 22.5 Å². The van der Waals surface area contributed by atoms with Gasteiger partial charge >= 0.3 is 0 Å². The highest BCUT2D eigenvalue weighted by Crippen LogP contribution is 2.30. The first kappa shape index (κ1) is 17.4. The van der Waals surface area contributed by atoms with Gasteiger partial charge in [-0.3, -0.25) is 9.59 Å². The number of thioether (sulfide) groups is 1. The van der Waals surface area contributed by atoms with Crippen LogP contribution in [0.15, 0.2) is 65.6 Å². The van der Waals surface area contributed by atoms with E-state index in [4.69, 9.17) is 0 Å². The van der Waals surface area contributed by atoms with Gasteiger partial charge in [-0.15, -0.1) is 11.8 Å². The molecule has 2 aromatic carbocycles. The average molecular weight is 378 g/mol. The number of aromatic nitrogens is 2. The fourth-order valence-corrected chi connectivity index (χ4v) is 3.52. The first-order valence-corrected chi connectivity index (χ1v) is 9.76. The Morgan fingerprint density at radius 1 is 1.19 bits per heavy atom. The highest BCUT2D eigenvalue weighted by atomic mass is 32.2. The number of hydrogen-bond acceptors (Lipinski definition) is 4. The van der Waals surface area contributed by atoms with E-state index in [1.165, 1.54) is 0 Å². The van der Waals surface area contributed by atoms with Crippen molar-refractivity contribution in [1.82, 2.24) is 9.78 Å². The largest absolute Gasteiger partial charge is 0.324 e. The van der Waals surface area contributed by atoms with Crippen molar-refractivity contribution in [3.05, 3.63) is 60.7 Å². The average Bonchev–Trinajstić information content (AvgIpc) is 3.12. The second-order valence-electron chi connectivity index (χ2n) is 6.21. The minimum atomic E-state index is -0.691. The van der Waals surface area contributed by atoms with Crippen molar-refractivity contribution in [3.63, 3.8) is 0 Å². The fraction of sp³-hybridized carbons (Fsp3) is 0.150. The van der Waals surface area contributed by atoms with E-state index in [0.29, 0.717) is 11.5 Å². The lowest BCUT2D eigenvalue weighted by Crippen LogP contribution is -2.35. The highest BCUT2D eigenvalue weighted by molar-refractivity contribution is 7.98. The molecule has 136 valence electrons. The molecule has 2 amide bonds. The van der Waals surface area contributed by atoms with Crippen LogP contribution in [0.5, 0.6) is 0 Å². The number of amides is 2. The Bertz CT molecular complexity index is 1000. The Labute approximate surface area is 161 Å². The summed E-state index contributed by atoms with van der Waals surface area (Å²) >= 11 is 1.60. The lowest BCUT2D eigenvalue weighted by Gasteiger charge is -2.23. The molecule has 0 unspecified atom stereocenters. The van der Waals surface area contributed by atoms with E-state index < -0.39 is 6.04 Å². The van der Waals surface area contributed by atoms with Crippen molar-refractivity contribution in [3.8, 4) is 11.3 Å². The van der Waals surface area contributed by atoms with Gasteiger partial charge in [-0.05, 0) is 24.5 Å². The van der Waals surface area contributed by atoms with Gasteiger partial charge in [-0.25, -0.2) is 4.68 Å². The summed E-state index contributed by atoms with van der Waals surface area (Å²) < 4.78 is 1.59. The maximum absolute atomic E-state index is 12.9. The summed E-state index contributed by atoms with van der Waals surface area (Å²) in [6.45, 7) is 0. The quantitative estimate of drug-likeness (QED) is 0.677. The normalized spacial score (nSPS) is 15.7. The van der Waals surface area contributed by atoms with Gasteiger partial charge in [0.05, 0.1) is 12.1 Å². The number of benzene rings is 2. The molecule has 6 nitrogen and oxygen atoms in total. The van der Waals surface area contributed by atoms with E-state index in [2.05, 4.69) is 15.7 Å². The zero-order valence-corrected chi connectivity index (χ0v) is 15.5. The molecule has 0 saturated carbocycles. The number of carbonyl (C=O) groups excluding carboxylic acids is 2. The predicted octanol–water partition coefficient (Wildman–Crippen LogP) is 3.79. The van der Waals surface area contributed by atoms with Crippen LogP contribution >= 0.6 is 11.8 Å². The number of nitrogens with zero attached hydrogens (tertiary/aromatic N) is 2. The Balaban J connectivity index is 1.63. The zero-order chi connectivity index (χ0) is 18.8. The van der Waals surface area contributed by atoms with Crippen molar-refractivity contribution >= 4 is 35.1 Å². The van der Waals surface area contributed by atoms with Crippen LogP contribution in [0.25, 0.3) is 11.3 Å². The summed E-state index contributed by atoms with van der Waals surface area (Å²) in [4.78, 5) is 26.0. The molecule has 1 aromatic heterocycles. The second kappa shape index (κ2) is 7.28. The third-order valence-corrected chi connectivity index (χ3v) is 5.11. The molecule has 4 rings (SSSR count). The molecular weight excluding hydrogens is 360 g/mol. The van der Waals surface area contributed by atoms with Crippen LogP contribution in [0, 0.1) is 0 Å². The van der Waals surface area contributed by atoms with E-state index in [0.717, 1.165) is 16.2 Å². The fourth-order valence-electron chi connectivity index (χ4n) is 3.06. The first-order chi connectivity index (χ1) is 13.1. The van der Waals surface area contributed by atoms with Crippen LogP contribution in [-0.2, 0) is 9.59 Å². The van der Waals surface area contributed by atoms with E-state index in [9.17, 15) is 9.59 Å². The number of hydrogen-bond donors (Lipinski definition) is 2. The molecule has 0 fully saturated rings. The maximum Gasteiger partial charge on any atom is 0.249 e. The van der Waals surface area contributed by atoms with Crippen LogP contribution in [0.1, 0.15) is 12.5 Å². The minimum Gasteiger partial charge on any atom is -0.324 e. The standard InChI is InChI=1S/C20H18N4O2S/c1-27-15-9-5-8-14(10-15)21-20(26)17-12-19(25)22-18-11-16(23-24(17)18)13-6-3-2-4-7-13/h2-11,17H,12H2,1H3,(H,21,26)(H,22,25)/t17-/m0/s1. The predicted molar refractivity (Wildman–Crippen MR) is 107 cm³/mol. The van der Waals surface area contributed by atoms with Crippen molar-refractivity contribution in [2.45, 2.75) is 17.4 Å². The topological polar surface area (TPSA) is 76.0 Å².